The lowest BCUT2D eigenvalue weighted by Gasteiger charge is -2.17. The summed E-state index contributed by atoms with van der Waals surface area (Å²) < 4.78 is 1.73. The third kappa shape index (κ3) is 5.48. The molecule has 0 saturated carbocycles. The zero-order valence-electron chi connectivity index (χ0n) is 19.5. The minimum Gasteiger partial charge on any atom is -0.350 e. The molecule has 0 spiro atoms. The number of carbonyl (C=O) groups excluding carboxylic acids is 2. The molecule has 7 heteroatoms. The van der Waals surface area contributed by atoms with Crippen molar-refractivity contribution in [3.63, 3.8) is 0 Å². The zero-order chi connectivity index (χ0) is 23.4. The second kappa shape index (κ2) is 9.98. The number of nitrogens with one attached hydrogen (secondary N) is 1. The maximum atomic E-state index is 12.7. The highest BCUT2D eigenvalue weighted by molar-refractivity contribution is 5.93. The monoisotopic (exact) mass is 445 g/mol. The van der Waals surface area contributed by atoms with Crippen molar-refractivity contribution in [1.29, 1.82) is 0 Å². The molecular formula is C26H31N5O2. The Hall–Kier alpha value is -3.48. The van der Waals surface area contributed by atoms with Crippen molar-refractivity contribution < 1.29 is 9.59 Å². The van der Waals surface area contributed by atoms with Crippen LogP contribution in [0.2, 0.25) is 0 Å². The molecular weight excluding hydrogens is 414 g/mol. The van der Waals surface area contributed by atoms with Crippen LogP contribution in [0.3, 0.4) is 0 Å². The van der Waals surface area contributed by atoms with Gasteiger partial charge in [-0.15, -0.1) is 5.10 Å². The van der Waals surface area contributed by atoms with Gasteiger partial charge in [0.1, 0.15) is 0 Å². The molecule has 0 radical (unpaired) electrons. The highest BCUT2D eigenvalue weighted by atomic mass is 16.2. The molecule has 1 aliphatic heterocycles. The summed E-state index contributed by atoms with van der Waals surface area (Å²) in [5, 5.41) is 11.2. The second-order valence-electron chi connectivity index (χ2n) is 9.12. The van der Waals surface area contributed by atoms with E-state index in [1.54, 1.807) is 4.68 Å². The van der Waals surface area contributed by atoms with Crippen molar-refractivity contribution in [2.45, 2.75) is 46.2 Å². The van der Waals surface area contributed by atoms with Crippen LogP contribution < -0.4 is 5.32 Å². The molecule has 33 heavy (non-hydrogen) atoms. The van der Waals surface area contributed by atoms with Gasteiger partial charge in [-0.05, 0) is 29.5 Å². The minimum absolute atomic E-state index is 0.0936. The van der Waals surface area contributed by atoms with Gasteiger partial charge in [0.25, 0.3) is 5.91 Å². The summed E-state index contributed by atoms with van der Waals surface area (Å²) in [6, 6.07) is 18.4. The molecule has 1 unspecified atom stereocenters. The van der Waals surface area contributed by atoms with E-state index < -0.39 is 0 Å². The number of amides is 2. The Labute approximate surface area is 194 Å². The van der Waals surface area contributed by atoms with Gasteiger partial charge in [-0.1, -0.05) is 73.7 Å². The van der Waals surface area contributed by atoms with Gasteiger partial charge in [-0.25, -0.2) is 4.68 Å². The molecule has 3 aromatic rings. The largest absolute Gasteiger partial charge is 0.350 e. The first-order chi connectivity index (χ1) is 15.9. The first kappa shape index (κ1) is 22.7. The van der Waals surface area contributed by atoms with E-state index in [0.717, 1.165) is 16.8 Å². The maximum Gasteiger partial charge on any atom is 0.273 e. The van der Waals surface area contributed by atoms with E-state index >= 15 is 0 Å². The summed E-state index contributed by atoms with van der Waals surface area (Å²) >= 11 is 0. The van der Waals surface area contributed by atoms with Crippen LogP contribution in [-0.4, -0.2) is 44.8 Å². The van der Waals surface area contributed by atoms with Crippen molar-refractivity contribution in [3.8, 4) is 0 Å². The molecule has 1 aliphatic rings. The fourth-order valence-corrected chi connectivity index (χ4v) is 4.17. The summed E-state index contributed by atoms with van der Waals surface area (Å²) in [5.41, 5.74) is 4.58. The number of hydrogen-bond donors (Lipinski definition) is 1. The molecule has 2 heterocycles. The fourth-order valence-electron chi connectivity index (χ4n) is 4.17. The van der Waals surface area contributed by atoms with E-state index in [0.29, 0.717) is 44.2 Å². The first-order valence-electron chi connectivity index (χ1n) is 11.5. The van der Waals surface area contributed by atoms with E-state index in [1.807, 2.05) is 42.2 Å². The molecule has 7 nitrogen and oxygen atoms in total. The Morgan fingerprint density at radius 1 is 1.06 bits per heavy atom. The van der Waals surface area contributed by atoms with Crippen LogP contribution in [0.15, 0.2) is 54.6 Å². The maximum absolute atomic E-state index is 12.7. The molecule has 1 N–H and O–H groups in total. The van der Waals surface area contributed by atoms with Gasteiger partial charge in [0.15, 0.2) is 5.69 Å². The predicted octanol–water partition coefficient (Wildman–Crippen LogP) is 3.54. The van der Waals surface area contributed by atoms with Crippen LogP contribution in [0.5, 0.6) is 0 Å². The number of nitrogens with zero attached hydrogens (tertiary/aromatic N) is 4. The Balaban J connectivity index is 1.30. The first-order valence-corrected chi connectivity index (χ1v) is 11.5. The van der Waals surface area contributed by atoms with E-state index in [4.69, 9.17) is 0 Å². The third-order valence-corrected chi connectivity index (χ3v) is 6.24. The number of carbonyl (C=O) groups is 2. The zero-order valence-corrected chi connectivity index (χ0v) is 19.5. The van der Waals surface area contributed by atoms with Gasteiger partial charge >= 0.3 is 0 Å². The predicted molar refractivity (Wildman–Crippen MR) is 127 cm³/mol. The van der Waals surface area contributed by atoms with E-state index in [9.17, 15) is 9.59 Å². The number of aromatic nitrogens is 3. The molecule has 2 amide bonds. The van der Waals surface area contributed by atoms with Gasteiger partial charge in [0, 0.05) is 32.0 Å². The van der Waals surface area contributed by atoms with E-state index in [-0.39, 0.29) is 17.7 Å². The van der Waals surface area contributed by atoms with Crippen molar-refractivity contribution in [2.75, 3.05) is 13.1 Å². The molecule has 1 fully saturated rings. The second-order valence-corrected chi connectivity index (χ2v) is 9.12. The Morgan fingerprint density at radius 2 is 1.76 bits per heavy atom. The molecule has 1 saturated heterocycles. The molecule has 4 rings (SSSR count). The molecule has 1 atom stereocenters. The Kier molecular flexibility index (Phi) is 6.87. The SMILES string of the molecule is Cc1c(C(=O)NCC2CC(=O)N(Cc3ccc(C(C)C)cc3)C2)nnn1Cc1ccccc1. The standard InChI is InChI=1S/C26H31N5O2/c1-18(2)23-11-9-21(10-12-23)15-30-16-22(13-24(30)32)14-27-26(33)25-19(3)31(29-28-25)17-20-7-5-4-6-8-20/h4-12,18,22H,13-17H2,1-3H3,(H,27,33). The highest BCUT2D eigenvalue weighted by Gasteiger charge is 2.30. The molecule has 0 aliphatic carbocycles. The van der Waals surface area contributed by atoms with E-state index in [1.165, 1.54) is 5.56 Å². The van der Waals surface area contributed by atoms with Gasteiger partial charge in [0.2, 0.25) is 5.91 Å². The van der Waals surface area contributed by atoms with Crippen LogP contribution in [0, 0.1) is 12.8 Å². The van der Waals surface area contributed by atoms with Crippen LogP contribution >= 0.6 is 0 Å². The normalized spacial score (nSPS) is 15.9. The summed E-state index contributed by atoms with van der Waals surface area (Å²) in [4.78, 5) is 27.1. The van der Waals surface area contributed by atoms with Crippen molar-refractivity contribution in [3.05, 3.63) is 82.7 Å². The molecule has 1 aromatic heterocycles. The van der Waals surface area contributed by atoms with Crippen LogP contribution in [0.4, 0.5) is 0 Å². The minimum atomic E-state index is -0.248. The summed E-state index contributed by atoms with van der Waals surface area (Å²) in [5.74, 6) is 0.467. The third-order valence-electron chi connectivity index (χ3n) is 6.24. The lowest BCUT2D eigenvalue weighted by Crippen LogP contribution is -2.31. The molecule has 0 bridgehead atoms. The Bertz CT molecular complexity index is 1110. The van der Waals surface area contributed by atoms with Crippen molar-refractivity contribution in [2.24, 2.45) is 5.92 Å². The van der Waals surface area contributed by atoms with Gasteiger partial charge < -0.3 is 10.2 Å². The van der Waals surface area contributed by atoms with Crippen LogP contribution in [0.25, 0.3) is 0 Å². The highest BCUT2D eigenvalue weighted by Crippen LogP contribution is 2.21. The van der Waals surface area contributed by atoms with Gasteiger partial charge in [-0.2, -0.15) is 0 Å². The smallest absolute Gasteiger partial charge is 0.273 e. The van der Waals surface area contributed by atoms with Crippen LogP contribution in [-0.2, 0) is 17.9 Å². The summed E-state index contributed by atoms with van der Waals surface area (Å²) in [7, 11) is 0. The number of likely N-dealkylation sites (tertiary alicyclic amines) is 1. The van der Waals surface area contributed by atoms with Gasteiger partial charge in [0.05, 0.1) is 12.2 Å². The summed E-state index contributed by atoms with van der Waals surface area (Å²) in [6.07, 6.45) is 0.448. The average Bonchev–Trinajstić information content (AvgIpc) is 3.35. The molecule has 2 aromatic carbocycles. The molecule has 172 valence electrons. The van der Waals surface area contributed by atoms with Crippen molar-refractivity contribution >= 4 is 11.8 Å². The number of benzene rings is 2. The quantitative estimate of drug-likeness (QED) is 0.575. The topological polar surface area (TPSA) is 80.1 Å². The van der Waals surface area contributed by atoms with E-state index in [2.05, 4.69) is 53.7 Å². The lowest BCUT2D eigenvalue weighted by molar-refractivity contribution is -0.128. The number of hydrogen-bond acceptors (Lipinski definition) is 4. The average molecular weight is 446 g/mol. The fraction of sp³-hybridized carbons (Fsp3) is 0.385. The van der Waals surface area contributed by atoms with Crippen LogP contribution in [0.1, 0.15) is 59.1 Å². The van der Waals surface area contributed by atoms with Gasteiger partial charge in [-0.3, -0.25) is 9.59 Å². The Morgan fingerprint density at radius 3 is 2.45 bits per heavy atom. The lowest BCUT2D eigenvalue weighted by atomic mass is 10.0. The van der Waals surface area contributed by atoms with Crippen molar-refractivity contribution in [1.82, 2.24) is 25.2 Å². The summed E-state index contributed by atoms with van der Waals surface area (Å²) in [6.45, 7) is 8.45. The number of rotatable bonds is 8.